The molecule has 1 saturated heterocycles. The SMILES string of the molecule is O=S(=O)(c1ccccc1)C1[C@@H](CO)CN(Cc2ccccc2)[C@@H]1COCc1ccccc1. The zero-order valence-electron chi connectivity index (χ0n) is 18.0. The zero-order chi connectivity index (χ0) is 22.4. The van der Waals surface area contributed by atoms with Gasteiger partial charge in [-0.25, -0.2) is 8.42 Å². The summed E-state index contributed by atoms with van der Waals surface area (Å²) in [6.45, 7) is 1.61. The van der Waals surface area contributed by atoms with Gasteiger partial charge in [-0.1, -0.05) is 78.9 Å². The van der Waals surface area contributed by atoms with E-state index in [1.165, 1.54) is 0 Å². The van der Waals surface area contributed by atoms with E-state index in [4.69, 9.17) is 4.74 Å². The van der Waals surface area contributed by atoms with E-state index in [0.29, 0.717) is 19.7 Å². The Hall–Kier alpha value is -2.51. The number of rotatable bonds is 9. The van der Waals surface area contributed by atoms with Gasteiger partial charge in [0.25, 0.3) is 0 Å². The number of hydrogen-bond donors (Lipinski definition) is 1. The molecule has 6 heteroatoms. The maximum Gasteiger partial charge on any atom is 0.183 e. The van der Waals surface area contributed by atoms with E-state index in [2.05, 4.69) is 4.90 Å². The number of aliphatic hydroxyl groups excluding tert-OH is 1. The van der Waals surface area contributed by atoms with Gasteiger partial charge in [-0.15, -0.1) is 0 Å². The third-order valence-electron chi connectivity index (χ3n) is 6.08. The molecule has 168 valence electrons. The second kappa shape index (κ2) is 10.4. The molecule has 1 fully saturated rings. The van der Waals surface area contributed by atoms with Crippen molar-refractivity contribution in [3.05, 3.63) is 102 Å². The average Bonchev–Trinajstić information content (AvgIpc) is 3.19. The first kappa shape index (κ1) is 22.7. The lowest BCUT2D eigenvalue weighted by Crippen LogP contribution is -2.43. The van der Waals surface area contributed by atoms with E-state index in [1.54, 1.807) is 30.3 Å². The lowest BCUT2D eigenvalue weighted by atomic mass is 10.1. The van der Waals surface area contributed by atoms with Crippen molar-refractivity contribution in [1.29, 1.82) is 0 Å². The summed E-state index contributed by atoms with van der Waals surface area (Å²) in [6.07, 6.45) is 0. The number of benzene rings is 3. The van der Waals surface area contributed by atoms with Gasteiger partial charge in [-0.05, 0) is 23.3 Å². The molecule has 0 amide bonds. The van der Waals surface area contributed by atoms with Gasteiger partial charge < -0.3 is 9.84 Å². The molecule has 0 spiro atoms. The predicted octanol–water partition coefficient (Wildman–Crippen LogP) is 3.54. The second-order valence-corrected chi connectivity index (χ2v) is 10.4. The quantitative estimate of drug-likeness (QED) is 0.539. The van der Waals surface area contributed by atoms with Crippen LogP contribution in [0.25, 0.3) is 0 Å². The van der Waals surface area contributed by atoms with E-state index in [-0.39, 0.29) is 30.1 Å². The van der Waals surface area contributed by atoms with Crippen LogP contribution in [0.5, 0.6) is 0 Å². The van der Waals surface area contributed by atoms with Crippen molar-refractivity contribution in [3.63, 3.8) is 0 Å². The van der Waals surface area contributed by atoms with Gasteiger partial charge in [0.1, 0.15) is 0 Å². The van der Waals surface area contributed by atoms with Crippen LogP contribution in [0.4, 0.5) is 0 Å². The molecule has 3 aromatic carbocycles. The van der Waals surface area contributed by atoms with E-state index >= 15 is 0 Å². The van der Waals surface area contributed by atoms with Crippen LogP contribution < -0.4 is 0 Å². The Bertz CT molecular complexity index is 1070. The molecule has 1 aliphatic rings. The van der Waals surface area contributed by atoms with Crippen LogP contribution in [-0.4, -0.2) is 49.5 Å². The van der Waals surface area contributed by atoms with Crippen molar-refractivity contribution in [3.8, 4) is 0 Å². The highest BCUT2D eigenvalue weighted by atomic mass is 32.2. The molecule has 4 rings (SSSR count). The highest BCUT2D eigenvalue weighted by Gasteiger charge is 2.49. The van der Waals surface area contributed by atoms with Crippen LogP contribution in [0.2, 0.25) is 0 Å². The van der Waals surface area contributed by atoms with Gasteiger partial charge in [-0.3, -0.25) is 4.90 Å². The predicted molar refractivity (Wildman–Crippen MR) is 125 cm³/mol. The molecule has 1 aliphatic heterocycles. The topological polar surface area (TPSA) is 66.8 Å². The largest absolute Gasteiger partial charge is 0.396 e. The molecule has 3 atom stereocenters. The summed E-state index contributed by atoms with van der Waals surface area (Å²) in [7, 11) is -3.65. The Kier molecular flexibility index (Phi) is 7.37. The van der Waals surface area contributed by atoms with Gasteiger partial charge >= 0.3 is 0 Å². The van der Waals surface area contributed by atoms with E-state index in [9.17, 15) is 13.5 Å². The van der Waals surface area contributed by atoms with Crippen molar-refractivity contribution in [2.75, 3.05) is 19.8 Å². The van der Waals surface area contributed by atoms with Crippen LogP contribution in [0.1, 0.15) is 11.1 Å². The van der Waals surface area contributed by atoms with Crippen LogP contribution >= 0.6 is 0 Å². The van der Waals surface area contributed by atoms with Crippen molar-refractivity contribution in [1.82, 2.24) is 4.90 Å². The highest BCUT2D eigenvalue weighted by molar-refractivity contribution is 7.92. The van der Waals surface area contributed by atoms with E-state index in [1.807, 2.05) is 60.7 Å². The normalized spacial score (nSPS) is 21.6. The molecule has 1 unspecified atom stereocenters. The summed E-state index contributed by atoms with van der Waals surface area (Å²) in [5, 5.41) is 9.38. The summed E-state index contributed by atoms with van der Waals surface area (Å²) < 4.78 is 33.3. The zero-order valence-corrected chi connectivity index (χ0v) is 18.8. The molecular formula is C26H29NO4S. The van der Waals surface area contributed by atoms with Crippen molar-refractivity contribution in [2.45, 2.75) is 29.3 Å². The molecule has 1 N–H and O–H groups in total. The van der Waals surface area contributed by atoms with Crippen molar-refractivity contribution >= 4 is 9.84 Å². The smallest absolute Gasteiger partial charge is 0.183 e. The number of aliphatic hydroxyl groups is 1. The molecule has 3 aromatic rings. The standard InChI is InChI=1S/C26H29NO4S/c28-18-23-17-27(16-21-10-4-1-5-11-21)25(20-31-19-22-12-6-2-7-13-22)26(23)32(29,30)24-14-8-3-9-15-24/h1-15,23,25-26,28H,16-20H2/t23-,25-,26?/m1/s1. The Labute approximate surface area is 190 Å². The fraction of sp³-hybridized carbons (Fsp3) is 0.308. The van der Waals surface area contributed by atoms with Crippen LogP contribution in [0.15, 0.2) is 95.9 Å². The fourth-order valence-electron chi connectivity index (χ4n) is 4.52. The summed E-state index contributed by atoms with van der Waals surface area (Å²) in [4.78, 5) is 2.44. The highest BCUT2D eigenvalue weighted by Crippen LogP contribution is 2.34. The maximum atomic E-state index is 13.7. The summed E-state index contributed by atoms with van der Waals surface area (Å²) in [5.41, 5.74) is 2.15. The van der Waals surface area contributed by atoms with Gasteiger partial charge in [0.15, 0.2) is 9.84 Å². The minimum Gasteiger partial charge on any atom is -0.396 e. The second-order valence-electron chi connectivity index (χ2n) is 8.25. The van der Waals surface area contributed by atoms with E-state index in [0.717, 1.165) is 11.1 Å². The number of ether oxygens (including phenoxy) is 1. The first-order chi connectivity index (χ1) is 15.6. The molecule has 5 nitrogen and oxygen atoms in total. The van der Waals surface area contributed by atoms with Gasteiger partial charge in [0, 0.05) is 25.6 Å². The minimum atomic E-state index is -3.65. The summed E-state index contributed by atoms with van der Waals surface area (Å²) in [6, 6.07) is 28.0. The number of sulfone groups is 1. The Morgan fingerprint density at radius 1 is 0.844 bits per heavy atom. The average molecular weight is 452 g/mol. The molecule has 0 aromatic heterocycles. The molecule has 1 heterocycles. The van der Waals surface area contributed by atoms with Gasteiger partial charge in [-0.2, -0.15) is 0 Å². The van der Waals surface area contributed by atoms with Crippen LogP contribution in [0, 0.1) is 5.92 Å². The van der Waals surface area contributed by atoms with E-state index < -0.39 is 15.1 Å². The minimum absolute atomic E-state index is 0.183. The first-order valence-corrected chi connectivity index (χ1v) is 12.4. The van der Waals surface area contributed by atoms with Crippen molar-refractivity contribution < 1.29 is 18.3 Å². The Balaban J connectivity index is 1.61. The number of hydrogen-bond acceptors (Lipinski definition) is 5. The first-order valence-electron chi connectivity index (χ1n) is 10.9. The van der Waals surface area contributed by atoms with Gasteiger partial charge in [0.2, 0.25) is 0 Å². The molecule has 32 heavy (non-hydrogen) atoms. The lowest BCUT2D eigenvalue weighted by molar-refractivity contribution is 0.0651. The summed E-state index contributed by atoms with van der Waals surface area (Å²) >= 11 is 0. The van der Waals surface area contributed by atoms with Crippen LogP contribution in [-0.2, 0) is 27.7 Å². The lowest BCUT2D eigenvalue weighted by Gasteiger charge is -2.28. The number of likely N-dealkylation sites (tertiary alicyclic amines) is 1. The molecule has 0 aliphatic carbocycles. The monoisotopic (exact) mass is 451 g/mol. The Morgan fingerprint density at radius 2 is 1.41 bits per heavy atom. The third kappa shape index (κ3) is 5.10. The third-order valence-corrected chi connectivity index (χ3v) is 8.42. The molecule has 0 saturated carbocycles. The van der Waals surface area contributed by atoms with Crippen molar-refractivity contribution in [2.24, 2.45) is 5.92 Å². The molecular weight excluding hydrogens is 422 g/mol. The molecule has 0 radical (unpaired) electrons. The maximum absolute atomic E-state index is 13.7. The molecule has 0 bridgehead atoms. The Morgan fingerprint density at radius 3 is 2.00 bits per heavy atom. The van der Waals surface area contributed by atoms with Gasteiger partial charge in [0.05, 0.1) is 29.4 Å². The fourth-order valence-corrected chi connectivity index (χ4v) is 6.72. The number of nitrogens with zero attached hydrogens (tertiary/aromatic N) is 1. The summed E-state index contributed by atoms with van der Waals surface area (Å²) in [5.74, 6) is -0.380. The van der Waals surface area contributed by atoms with Crippen LogP contribution in [0.3, 0.4) is 0 Å².